The maximum atomic E-state index is 12.9. The van der Waals surface area contributed by atoms with Gasteiger partial charge >= 0.3 is 0 Å². The Bertz CT molecular complexity index is 817. The molecule has 26 heavy (non-hydrogen) atoms. The van der Waals surface area contributed by atoms with Crippen LogP contribution in [0.3, 0.4) is 0 Å². The minimum absolute atomic E-state index is 0.389. The van der Waals surface area contributed by atoms with E-state index in [4.69, 9.17) is 4.42 Å². The lowest BCUT2D eigenvalue weighted by Crippen LogP contribution is -2.48. The van der Waals surface area contributed by atoms with Gasteiger partial charge in [0, 0.05) is 26.2 Å². The Morgan fingerprint density at radius 1 is 1.00 bits per heavy atom. The van der Waals surface area contributed by atoms with Crippen molar-refractivity contribution in [2.24, 2.45) is 5.92 Å². The average Bonchev–Trinajstić information content (AvgIpc) is 3.00. The number of furan rings is 1. The Labute approximate surface area is 156 Å². The summed E-state index contributed by atoms with van der Waals surface area (Å²) in [4.78, 5) is 2.62. The Morgan fingerprint density at radius 2 is 1.65 bits per heavy atom. The van der Waals surface area contributed by atoms with E-state index in [1.54, 1.807) is 16.4 Å². The van der Waals surface area contributed by atoms with Gasteiger partial charge in [0.2, 0.25) is 10.0 Å². The number of hydrogen-bond acceptors (Lipinski definition) is 4. The zero-order chi connectivity index (χ0) is 18.7. The SMILES string of the molecule is Cc1ccc(CN2CCN(S(=O)(=O)c3ccc(CC(C)C)cc3)CC2)o1. The third kappa shape index (κ3) is 4.55. The molecular weight excluding hydrogens is 348 g/mol. The third-order valence-electron chi connectivity index (χ3n) is 4.71. The fourth-order valence-electron chi connectivity index (χ4n) is 3.34. The largest absolute Gasteiger partial charge is 0.465 e. The van der Waals surface area contributed by atoms with Crippen LogP contribution in [-0.4, -0.2) is 43.8 Å². The molecule has 5 nitrogen and oxygen atoms in total. The molecule has 1 aromatic carbocycles. The molecule has 0 N–H and O–H groups in total. The summed E-state index contributed by atoms with van der Waals surface area (Å²) in [7, 11) is -3.42. The van der Waals surface area contributed by atoms with Crippen molar-refractivity contribution in [3.05, 3.63) is 53.5 Å². The van der Waals surface area contributed by atoms with Gasteiger partial charge in [0.1, 0.15) is 11.5 Å². The highest BCUT2D eigenvalue weighted by Gasteiger charge is 2.28. The molecule has 2 aromatic rings. The van der Waals surface area contributed by atoms with Gasteiger partial charge in [-0.15, -0.1) is 0 Å². The second-order valence-electron chi connectivity index (χ2n) is 7.43. The van der Waals surface area contributed by atoms with Crippen LogP contribution in [0.15, 0.2) is 45.7 Å². The highest BCUT2D eigenvalue weighted by molar-refractivity contribution is 7.89. The minimum Gasteiger partial charge on any atom is -0.465 e. The molecule has 0 unspecified atom stereocenters. The molecule has 0 spiro atoms. The van der Waals surface area contributed by atoms with E-state index in [-0.39, 0.29) is 0 Å². The predicted octanol–water partition coefficient (Wildman–Crippen LogP) is 3.29. The summed E-state index contributed by atoms with van der Waals surface area (Å²) in [5, 5.41) is 0. The molecule has 1 fully saturated rings. The minimum atomic E-state index is -3.42. The first-order chi connectivity index (χ1) is 12.3. The Balaban J connectivity index is 1.60. The molecule has 1 aromatic heterocycles. The third-order valence-corrected chi connectivity index (χ3v) is 6.62. The Hall–Kier alpha value is -1.63. The summed E-state index contributed by atoms with van der Waals surface area (Å²) in [5.74, 6) is 2.39. The van der Waals surface area contributed by atoms with E-state index in [1.807, 2.05) is 31.2 Å². The molecule has 0 bridgehead atoms. The molecule has 1 saturated heterocycles. The Kier molecular flexibility index (Phi) is 5.85. The van der Waals surface area contributed by atoms with Gasteiger partial charge in [0.15, 0.2) is 0 Å². The lowest BCUT2D eigenvalue weighted by atomic mass is 10.0. The van der Waals surface area contributed by atoms with Crippen LogP contribution in [0.2, 0.25) is 0 Å². The summed E-state index contributed by atoms with van der Waals surface area (Å²) >= 11 is 0. The zero-order valence-electron chi connectivity index (χ0n) is 15.8. The maximum absolute atomic E-state index is 12.9. The number of rotatable bonds is 6. The molecule has 1 aliphatic rings. The quantitative estimate of drug-likeness (QED) is 0.776. The highest BCUT2D eigenvalue weighted by atomic mass is 32.2. The van der Waals surface area contributed by atoms with E-state index in [1.165, 1.54) is 5.56 Å². The van der Waals surface area contributed by atoms with Crippen LogP contribution in [0.5, 0.6) is 0 Å². The summed E-state index contributed by atoms with van der Waals surface area (Å²) in [6.45, 7) is 9.43. The van der Waals surface area contributed by atoms with Gasteiger partial charge in [-0.3, -0.25) is 4.90 Å². The van der Waals surface area contributed by atoms with Crippen molar-refractivity contribution in [3.63, 3.8) is 0 Å². The van der Waals surface area contributed by atoms with Gasteiger partial charge in [-0.1, -0.05) is 26.0 Å². The topological polar surface area (TPSA) is 53.8 Å². The average molecular weight is 377 g/mol. The number of benzene rings is 1. The fraction of sp³-hybridized carbons (Fsp3) is 0.500. The first-order valence-electron chi connectivity index (χ1n) is 9.21. The number of sulfonamides is 1. The molecule has 0 saturated carbocycles. The Morgan fingerprint density at radius 3 is 2.19 bits per heavy atom. The van der Waals surface area contributed by atoms with Crippen molar-refractivity contribution in [2.75, 3.05) is 26.2 Å². The molecule has 142 valence electrons. The van der Waals surface area contributed by atoms with Crippen LogP contribution in [-0.2, 0) is 23.0 Å². The molecule has 1 aliphatic heterocycles. The van der Waals surface area contributed by atoms with Crippen molar-refractivity contribution < 1.29 is 12.8 Å². The number of aryl methyl sites for hydroxylation is 1. The van der Waals surface area contributed by atoms with E-state index in [9.17, 15) is 8.42 Å². The summed E-state index contributed by atoms with van der Waals surface area (Å²) in [6.07, 6.45) is 0.964. The van der Waals surface area contributed by atoms with Crippen molar-refractivity contribution in [1.29, 1.82) is 0 Å². The van der Waals surface area contributed by atoms with Gasteiger partial charge in [-0.25, -0.2) is 8.42 Å². The summed E-state index contributed by atoms with van der Waals surface area (Å²) < 4.78 is 33.0. The highest BCUT2D eigenvalue weighted by Crippen LogP contribution is 2.20. The standard InChI is InChI=1S/C20H28N2O3S/c1-16(2)14-18-5-8-20(9-6-18)26(23,24)22-12-10-21(11-13-22)15-19-7-4-17(3)25-19/h4-9,16H,10-15H2,1-3H3. The fourth-order valence-corrected chi connectivity index (χ4v) is 4.76. The normalized spacial score (nSPS) is 17.1. The molecular formula is C20H28N2O3S. The molecule has 2 heterocycles. The monoisotopic (exact) mass is 376 g/mol. The second-order valence-corrected chi connectivity index (χ2v) is 9.37. The van der Waals surface area contributed by atoms with Crippen LogP contribution in [0, 0.1) is 12.8 Å². The lowest BCUT2D eigenvalue weighted by Gasteiger charge is -2.33. The lowest BCUT2D eigenvalue weighted by molar-refractivity contribution is 0.170. The van der Waals surface area contributed by atoms with Gasteiger partial charge in [-0.2, -0.15) is 4.31 Å². The van der Waals surface area contributed by atoms with E-state index in [0.717, 1.165) is 24.5 Å². The van der Waals surface area contributed by atoms with Crippen LogP contribution in [0.1, 0.15) is 30.9 Å². The molecule has 0 amide bonds. The van der Waals surface area contributed by atoms with Crippen LogP contribution in [0.25, 0.3) is 0 Å². The van der Waals surface area contributed by atoms with Crippen molar-refractivity contribution in [1.82, 2.24) is 9.21 Å². The summed E-state index contributed by atoms with van der Waals surface area (Å²) in [6, 6.07) is 11.3. The number of hydrogen-bond donors (Lipinski definition) is 0. The van der Waals surface area contributed by atoms with Gasteiger partial charge in [-0.05, 0) is 49.1 Å². The summed E-state index contributed by atoms with van der Waals surface area (Å²) in [5.41, 5.74) is 1.18. The van der Waals surface area contributed by atoms with E-state index < -0.39 is 10.0 Å². The molecule has 3 rings (SSSR count). The van der Waals surface area contributed by atoms with Gasteiger partial charge in [0.05, 0.1) is 11.4 Å². The van der Waals surface area contributed by atoms with Crippen LogP contribution < -0.4 is 0 Å². The molecule has 6 heteroatoms. The van der Waals surface area contributed by atoms with Gasteiger partial charge < -0.3 is 4.42 Å². The zero-order valence-corrected chi connectivity index (χ0v) is 16.6. The van der Waals surface area contributed by atoms with E-state index in [0.29, 0.717) is 37.0 Å². The first kappa shape index (κ1) is 19.1. The molecule has 0 atom stereocenters. The number of piperazine rings is 1. The van der Waals surface area contributed by atoms with Crippen molar-refractivity contribution >= 4 is 10.0 Å². The molecule has 0 aliphatic carbocycles. The van der Waals surface area contributed by atoms with Crippen LogP contribution in [0.4, 0.5) is 0 Å². The second kappa shape index (κ2) is 7.94. The van der Waals surface area contributed by atoms with Crippen molar-refractivity contribution in [2.45, 2.75) is 38.6 Å². The smallest absolute Gasteiger partial charge is 0.243 e. The van der Waals surface area contributed by atoms with E-state index >= 15 is 0 Å². The van der Waals surface area contributed by atoms with E-state index in [2.05, 4.69) is 18.7 Å². The van der Waals surface area contributed by atoms with Crippen molar-refractivity contribution in [3.8, 4) is 0 Å². The maximum Gasteiger partial charge on any atom is 0.243 e. The van der Waals surface area contributed by atoms with Gasteiger partial charge in [0.25, 0.3) is 0 Å². The van der Waals surface area contributed by atoms with Crippen LogP contribution >= 0.6 is 0 Å². The predicted molar refractivity (Wildman–Crippen MR) is 102 cm³/mol. The first-order valence-corrected chi connectivity index (χ1v) is 10.7. The number of nitrogens with zero attached hydrogens (tertiary/aromatic N) is 2. The molecule has 0 radical (unpaired) electrons.